The molecule has 0 atom stereocenters. The zero-order valence-corrected chi connectivity index (χ0v) is 7.03. The second kappa shape index (κ2) is 2.62. The van der Waals surface area contributed by atoms with Gasteiger partial charge in [-0.3, -0.25) is 9.59 Å². The molecular formula is C8H7ClO2. The summed E-state index contributed by atoms with van der Waals surface area (Å²) in [6.45, 7) is 3.31. The van der Waals surface area contributed by atoms with Crippen molar-refractivity contribution in [3.05, 3.63) is 22.3 Å². The molecule has 0 aromatic rings. The number of ketones is 2. The van der Waals surface area contributed by atoms with Crippen LogP contribution in [0.25, 0.3) is 0 Å². The first-order chi connectivity index (χ1) is 5.04. The molecule has 0 aliphatic heterocycles. The van der Waals surface area contributed by atoms with Crippen LogP contribution in [0.5, 0.6) is 0 Å². The van der Waals surface area contributed by atoms with Gasteiger partial charge in [-0.05, 0) is 19.4 Å². The number of carbonyl (C=O) groups excluding carboxylic acids is 2. The van der Waals surface area contributed by atoms with Crippen LogP contribution in [-0.2, 0) is 9.59 Å². The average Bonchev–Trinajstić information content (AvgIpc) is 1.97. The second-order valence-corrected chi connectivity index (χ2v) is 2.86. The highest BCUT2D eigenvalue weighted by atomic mass is 35.5. The van der Waals surface area contributed by atoms with E-state index in [0.29, 0.717) is 11.1 Å². The Bertz CT molecular complexity index is 293. The molecule has 11 heavy (non-hydrogen) atoms. The van der Waals surface area contributed by atoms with Gasteiger partial charge in [0, 0.05) is 5.57 Å². The van der Waals surface area contributed by atoms with Gasteiger partial charge in [-0.2, -0.15) is 0 Å². The van der Waals surface area contributed by atoms with Crippen LogP contribution in [0.15, 0.2) is 22.3 Å². The SMILES string of the molecule is CC1=CC(C)=C(Cl)C(=O)C1=O. The van der Waals surface area contributed by atoms with Crippen molar-refractivity contribution in [2.24, 2.45) is 0 Å². The summed E-state index contributed by atoms with van der Waals surface area (Å²) >= 11 is 5.54. The fraction of sp³-hybridized carbons (Fsp3) is 0.250. The molecule has 0 heterocycles. The molecular weight excluding hydrogens is 164 g/mol. The molecule has 0 N–H and O–H groups in total. The van der Waals surface area contributed by atoms with Crippen molar-refractivity contribution in [2.75, 3.05) is 0 Å². The van der Waals surface area contributed by atoms with E-state index < -0.39 is 11.6 Å². The van der Waals surface area contributed by atoms with Crippen molar-refractivity contribution >= 4 is 23.2 Å². The van der Waals surface area contributed by atoms with Crippen molar-refractivity contribution in [1.29, 1.82) is 0 Å². The molecule has 0 spiro atoms. The Hall–Kier alpha value is -0.890. The molecule has 0 saturated carbocycles. The van der Waals surface area contributed by atoms with Gasteiger partial charge in [-0.1, -0.05) is 17.7 Å². The number of allylic oxidation sites excluding steroid dienone is 4. The van der Waals surface area contributed by atoms with Crippen molar-refractivity contribution in [3.8, 4) is 0 Å². The largest absolute Gasteiger partial charge is 0.285 e. The molecule has 0 unspecified atom stereocenters. The Balaban J connectivity index is 3.22. The van der Waals surface area contributed by atoms with Crippen molar-refractivity contribution < 1.29 is 9.59 Å². The lowest BCUT2D eigenvalue weighted by Gasteiger charge is -2.07. The third kappa shape index (κ3) is 1.26. The molecule has 0 fully saturated rings. The fourth-order valence-corrected chi connectivity index (χ4v) is 1.05. The summed E-state index contributed by atoms with van der Waals surface area (Å²) in [6.07, 6.45) is 1.62. The Morgan fingerprint density at radius 2 is 1.73 bits per heavy atom. The normalized spacial score (nSPS) is 19.0. The van der Waals surface area contributed by atoms with Gasteiger partial charge in [0.1, 0.15) is 0 Å². The van der Waals surface area contributed by atoms with Crippen LogP contribution < -0.4 is 0 Å². The molecule has 0 aromatic heterocycles. The lowest BCUT2D eigenvalue weighted by atomic mass is 9.99. The minimum atomic E-state index is -0.593. The van der Waals surface area contributed by atoms with Crippen LogP contribution in [0.1, 0.15) is 13.8 Å². The van der Waals surface area contributed by atoms with Gasteiger partial charge in [0.15, 0.2) is 0 Å². The van der Waals surface area contributed by atoms with Gasteiger partial charge in [-0.25, -0.2) is 0 Å². The monoisotopic (exact) mass is 170 g/mol. The first kappa shape index (κ1) is 8.21. The highest BCUT2D eigenvalue weighted by Gasteiger charge is 2.24. The maximum atomic E-state index is 11.0. The lowest BCUT2D eigenvalue weighted by molar-refractivity contribution is -0.131. The Morgan fingerprint density at radius 1 is 1.18 bits per heavy atom. The molecule has 0 saturated heterocycles. The summed E-state index contributed by atoms with van der Waals surface area (Å²) in [5.41, 5.74) is 1.12. The fourth-order valence-electron chi connectivity index (χ4n) is 0.912. The molecule has 3 heteroatoms. The minimum absolute atomic E-state index is 0.0422. The van der Waals surface area contributed by atoms with Gasteiger partial charge >= 0.3 is 0 Å². The standard InChI is InChI=1S/C8H7ClO2/c1-4-3-5(2)7(10)8(11)6(4)9/h3H,1-2H3. The number of hydrogen-bond donors (Lipinski definition) is 0. The van der Waals surface area contributed by atoms with Gasteiger partial charge in [0.05, 0.1) is 5.03 Å². The molecule has 1 aliphatic carbocycles. The number of carbonyl (C=O) groups is 2. The first-order valence-corrected chi connectivity index (χ1v) is 3.55. The molecule has 0 aromatic carbocycles. The van der Waals surface area contributed by atoms with E-state index in [0.717, 1.165) is 0 Å². The summed E-state index contributed by atoms with van der Waals surface area (Å²) in [4.78, 5) is 21.9. The highest BCUT2D eigenvalue weighted by molar-refractivity contribution is 6.61. The zero-order chi connectivity index (χ0) is 8.59. The zero-order valence-electron chi connectivity index (χ0n) is 6.27. The van der Waals surface area contributed by atoms with Gasteiger partial charge < -0.3 is 0 Å². The van der Waals surface area contributed by atoms with Gasteiger partial charge in [0.25, 0.3) is 0 Å². The quantitative estimate of drug-likeness (QED) is 0.409. The maximum Gasteiger partial charge on any atom is 0.244 e. The van der Waals surface area contributed by atoms with E-state index in [-0.39, 0.29) is 5.03 Å². The van der Waals surface area contributed by atoms with Crippen molar-refractivity contribution in [3.63, 3.8) is 0 Å². The topological polar surface area (TPSA) is 34.1 Å². The Morgan fingerprint density at radius 3 is 2.27 bits per heavy atom. The van der Waals surface area contributed by atoms with Crippen LogP contribution in [0.2, 0.25) is 0 Å². The molecule has 0 bridgehead atoms. The van der Waals surface area contributed by atoms with E-state index in [1.54, 1.807) is 19.9 Å². The van der Waals surface area contributed by atoms with Crippen LogP contribution in [-0.4, -0.2) is 11.6 Å². The second-order valence-electron chi connectivity index (χ2n) is 2.48. The Kier molecular flexibility index (Phi) is 1.96. The summed E-state index contributed by atoms with van der Waals surface area (Å²) in [5, 5.41) is 0.0422. The summed E-state index contributed by atoms with van der Waals surface area (Å²) in [6, 6.07) is 0. The number of hydrogen-bond acceptors (Lipinski definition) is 2. The molecule has 1 rings (SSSR count). The van der Waals surface area contributed by atoms with Crippen LogP contribution in [0.3, 0.4) is 0 Å². The van der Waals surface area contributed by atoms with Crippen molar-refractivity contribution in [2.45, 2.75) is 13.8 Å². The van der Waals surface area contributed by atoms with Crippen LogP contribution >= 0.6 is 11.6 Å². The average molecular weight is 171 g/mol. The summed E-state index contributed by atoms with van der Waals surface area (Å²) < 4.78 is 0. The van der Waals surface area contributed by atoms with Crippen LogP contribution in [0.4, 0.5) is 0 Å². The minimum Gasteiger partial charge on any atom is -0.285 e. The van der Waals surface area contributed by atoms with Crippen LogP contribution in [0, 0.1) is 0 Å². The smallest absolute Gasteiger partial charge is 0.244 e. The number of rotatable bonds is 0. The molecule has 1 aliphatic rings. The predicted octanol–water partition coefficient (Wildman–Crippen LogP) is 1.60. The van der Waals surface area contributed by atoms with E-state index in [9.17, 15) is 9.59 Å². The Labute approximate surface area is 69.5 Å². The van der Waals surface area contributed by atoms with E-state index >= 15 is 0 Å². The van der Waals surface area contributed by atoms with E-state index in [1.807, 2.05) is 0 Å². The molecule has 0 radical (unpaired) electrons. The van der Waals surface area contributed by atoms with Crippen molar-refractivity contribution in [1.82, 2.24) is 0 Å². The van der Waals surface area contributed by atoms with Gasteiger partial charge in [0.2, 0.25) is 11.6 Å². The van der Waals surface area contributed by atoms with E-state index in [4.69, 9.17) is 11.6 Å². The molecule has 58 valence electrons. The van der Waals surface area contributed by atoms with E-state index in [2.05, 4.69) is 0 Å². The number of Topliss-reactive ketones (excluding diaryl/α,β-unsaturated/α-hetero) is 2. The third-order valence-corrected chi connectivity index (χ3v) is 2.01. The summed E-state index contributed by atoms with van der Waals surface area (Å²) in [7, 11) is 0. The van der Waals surface area contributed by atoms with Gasteiger partial charge in [-0.15, -0.1) is 0 Å². The molecule has 2 nitrogen and oxygen atoms in total. The third-order valence-electron chi connectivity index (χ3n) is 1.54. The first-order valence-electron chi connectivity index (χ1n) is 3.17. The highest BCUT2D eigenvalue weighted by Crippen LogP contribution is 2.20. The molecule has 0 amide bonds. The predicted molar refractivity (Wildman–Crippen MR) is 42.3 cm³/mol. The summed E-state index contributed by atoms with van der Waals surface area (Å²) in [5.74, 6) is -1.09. The van der Waals surface area contributed by atoms with E-state index in [1.165, 1.54) is 0 Å². The lowest BCUT2D eigenvalue weighted by Crippen LogP contribution is -2.19. The number of halogens is 1. The maximum absolute atomic E-state index is 11.0.